The monoisotopic (exact) mass is 442 g/mol. The predicted octanol–water partition coefficient (Wildman–Crippen LogP) is 8.74. The lowest BCUT2D eigenvalue weighted by atomic mass is 10.3. The summed E-state index contributed by atoms with van der Waals surface area (Å²) in [4.78, 5) is 0. The Morgan fingerprint density at radius 1 is 1.00 bits per heavy atom. The van der Waals surface area contributed by atoms with E-state index in [1.54, 1.807) is 12.2 Å². The molecule has 134 valence electrons. The molecule has 0 saturated heterocycles. The van der Waals surface area contributed by atoms with Gasteiger partial charge in [-0.25, -0.2) is 0 Å². The van der Waals surface area contributed by atoms with Gasteiger partial charge in [0.05, 0.1) is 5.38 Å². The van der Waals surface area contributed by atoms with Crippen LogP contribution in [0.5, 0.6) is 0 Å². The smallest absolute Gasteiger partial charge is 0.0513 e. The fourth-order valence-corrected chi connectivity index (χ4v) is 1.86. The van der Waals surface area contributed by atoms with Crippen molar-refractivity contribution in [1.82, 2.24) is 0 Å². The molecule has 0 amide bonds. The van der Waals surface area contributed by atoms with Crippen molar-refractivity contribution in [1.29, 1.82) is 0 Å². The molecule has 0 N–H and O–H groups in total. The molecule has 0 aliphatic heterocycles. The quantitative estimate of drug-likeness (QED) is 0.160. The zero-order valence-corrected chi connectivity index (χ0v) is 18.8. The molecule has 0 radical (unpaired) electrons. The Balaban J connectivity index is -0.000000100. The highest BCUT2D eigenvalue weighted by molar-refractivity contribution is 14.1. The maximum absolute atomic E-state index is 5.68. The van der Waals surface area contributed by atoms with Crippen LogP contribution in [0.4, 0.5) is 0 Å². The second kappa shape index (κ2) is 33.0. The molecule has 0 bridgehead atoms. The number of allylic oxidation sites excluding steroid dienone is 4. The highest BCUT2D eigenvalue weighted by atomic mass is 127. The van der Waals surface area contributed by atoms with Crippen LogP contribution >= 0.6 is 34.2 Å². The van der Waals surface area contributed by atoms with Crippen LogP contribution in [0.25, 0.3) is 0 Å². The standard InChI is InChI=1S/C6H11Cl.C5H11I.C5H12.C4H6/c1-3-5-6(7)4-2;1-3-4-5(2)6;1-3-5-4-2;1-3-4-2/h3,5-6H,4H2,1-2H3;5H,3-4H2,1-2H3;3-5H2,1-2H3;3-4H,1-2H2. The average Bonchev–Trinajstić information content (AvgIpc) is 2.49. The van der Waals surface area contributed by atoms with Gasteiger partial charge < -0.3 is 0 Å². The number of hydrogen-bond donors (Lipinski definition) is 0. The van der Waals surface area contributed by atoms with Gasteiger partial charge in [-0.2, -0.15) is 0 Å². The minimum Gasteiger partial charge on any atom is -0.118 e. The van der Waals surface area contributed by atoms with E-state index in [-0.39, 0.29) is 5.38 Å². The first-order valence-electron chi connectivity index (χ1n) is 8.55. The summed E-state index contributed by atoms with van der Waals surface area (Å²) in [5, 5.41) is 0.241. The molecule has 2 heteroatoms. The zero-order valence-electron chi connectivity index (χ0n) is 15.9. The first-order chi connectivity index (χ1) is 10.4. The molecule has 2 atom stereocenters. The minimum atomic E-state index is 0.241. The second-order valence-corrected chi connectivity index (χ2v) is 7.53. The first kappa shape index (κ1) is 30.2. The van der Waals surface area contributed by atoms with Gasteiger partial charge in [0.15, 0.2) is 0 Å². The summed E-state index contributed by atoms with van der Waals surface area (Å²) < 4.78 is 0.868. The van der Waals surface area contributed by atoms with E-state index >= 15 is 0 Å². The lowest BCUT2D eigenvalue weighted by Crippen LogP contribution is -1.86. The summed E-state index contributed by atoms with van der Waals surface area (Å²) in [6.45, 7) is 19.6. The van der Waals surface area contributed by atoms with E-state index < -0.39 is 0 Å². The highest BCUT2D eigenvalue weighted by Crippen LogP contribution is 2.05. The Labute approximate surface area is 160 Å². The molecule has 0 aromatic carbocycles. The predicted molar refractivity (Wildman–Crippen MR) is 119 cm³/mol. The molecule has 0 nitrogen and oxygen atoms in total. The summed E-state index contributed by atoms with van der Waals surface area (Å²) in [5.74, 6) is 0. The highest BCUT2D eigenvalue weighted by Gasteiger charge is 1.89. The SMILES string of the molecule is C=CC=C.CC=CC(Cl)CC.CCCC(C)I.CCCCC. The third kappa shape index (κ3) is 59.3. The molecule has 22 heavy (non-hydrogen) atoms. The molecule has 0 heterocycles. The number of unbranched alkanes of at least 4 members (excludes halogenated alkanes) is 2. The van der Waals surface area contributed by atoms with E-state index in [1.165, 1.54) is 32.1 Å². The van der Waals surface area contributed by atoms with Crippen molar-refractivity contribution in [3.63, 3.8) is 0 Å². The largest absolute Gasteiger partial charge is 0.118 e. The van der Waals surface area contributed by atoms with Crippen LogP contribution in [0.1, 0.15) is 80.1 Å². The second-order valence-electron chi connectivity index (χ2n) is 4.84. The van der Waals surface area contributed by atoms with Crippen LogP contribution in [-0.4, -0.2) is 9.30 Å². The van der Waals surface area contributed by atoms with Crippen LogP contribution < -0.4 is 0 Å². The molecule has 0 aliphatic rings. The van der Waals surface area contributed by atoms with Gasteiger partial charge in [0.1, 0.15) is 0 Å². The number of alkyl halides is 2. The molecule has 0 spiro atoms. The van der Waals surface area contributed by atoms with Gasteiger partial charge in [0.2, 0.25) is 0 Å². The van der Waals surface area contributed by atoms with Crippen LogP contribution in [0.3, 0.4) is 0 Å². The van der Waals surface area contributed by atoms with Gasteiger partial charge in [0.25, 0.3) is 0 Å². The zero-order chi connectivity index (χ0) is 18.2. The Morgan fingerprint density at radius 2 is 1.45 bits per heavy atom. The van der Waals surface area contributed by atoms with Crippen LogP contribution in [0, 0.1) is 0 Å². The lowest BCUT2D eigenvalue weighted by molar-refractivity contribution is 0.772. The Bertz CT molecular complexity index is 202. The fourth-order valence-electron chi connectivity index (χ4n) is 1.10. The topological polar surface area (TPSA) is 0 Å². The Morgan fingerprint density at radius 3 is 1.50 bits per heavy atom. The van der Waals surface area contributed by atoms with Crippen molar-refractivity contribution in [3.05, 3.63) is 37.5 Å². The normalized spacial score (nSPS) is 11.6. The molecule has 0 aromatic rings. The summed E-state index contributed by atoms with van der Waals surface area (Å²) in [5.41, 5.74) is 0. The fraction of sp³-hybridized carbons (Fsp3) is 0.700. The molecular weight excluding hydrogens is 403 g/mol. The molecular formula is C20H40ClI. The van der Waals surface area contributed by atoms with E-state index in [0.717, 1.165) is 10.3 Å². The van der Waals surface area contributed by atoms with Crippen molar-refractivity contribution in [2.45, 2.75) is 89.4 Å². The van der Waals surface area contributed by atoms with Crippen LogP contribution in [0.2, 0.25) is 0 Å². The average molecular weight is 443 g/mol. The van der Waals surface area contributed by atoms with E-state index in [9.17, 15) is 0 Å². The summed E-state index contributed by atoms with van der Waals surface area (Å²) >= 11 is 8.12. The molecule has 0 rings (SSSR count). The molecule has 0 fully saturated rings. The Hall–Kier alpha value is 0.240. The molecule has 0 saturated carbocycles. The van der Waals surface area contributed by atoms with E-state index in [2.05, 4.69) is 70.4 Å². The molecule has 0 aromatic heterocycles. The third-order valence-electron chi connectivity index (χ3n) is 2.35. The molecule has 0 aliphatic carbocycles. The minimum absolute atomic E-state index is 0.241. The van der Waals surface area contributed by atoms with Crippen molar-refractivity contribution < 1.29 is 0 Å². The number of hydrogen-bond acceptors (Lipinski definition) is 0. The summed E-state index contributed by atoms with van der Waals surface area (Å²) in [7, 11) is 0. The maximum atomic E-state index is 5.68. The lowest BCUT2D eigenvalue weighted by Gasteiger charge is -1.93. The first-order valence-corrected chi connectivity index (χ1v) is 10.2. The van der Waals surface area contributed by atoms with Crippen molar-refractivity contribution >= 4 is 34.2 Å². The van der Waals surface area contributed by atoms with Gasteiger partial charge in [0, 0.05) is 3.92 Å². The van der Waals surface area contributed by atoms with Crippen LogP contribution in [-0.2, 0) is 0 Å². The van der Waals surface area contributed by atoms with Crippen molar-refractivity contribution in [3.8, 4) is 0 Å². The van der Waals surface area contributed by atoms with E-state index in [0.29, 0.717) is 0 Å². The summed E-state index contributed by atoms with van der Waals surface area (Å²) in [6.07, 6.45) is 15.0. The van der Waals surface area contributed by atoms with Crippen molar-refractivity contribution in [2.24, 2.45) is 0 Å². The van der Waals surface area contributed by atoms with Gasteiger partial charge >= 0.3 is 0 Å². The van der Waals surface area contributed by atoms with Crippen LogP contribution in [0.15, 0.2) is 37.5 Å². The van der Waals surface area contributed by atoms with E-state index in [4.69, 9.17) is 11.6 Å². The van der Waals surface area contributed by atoms with Gasteiger partial charge in [-0.1, -0.05) is 120 Å². The summed E-state index contributed by atoms with van der Waals surface area (Å²) in [6, 6.07) is 0. The van der Waals surface area contributed by atoms with E-state index in [1.807, 2.05) is 19.1 Å². The third-order valence-corrected chi connectivity index (χ3v) is 3.43. The van der Waals surface area contributed by atoms with Gasteiger partial charge in [-0.3, -0.25) is 0 Å². The van der Waals surface area contributed by atoms with Gasteiger partial charge in [-0.05, 0) is 19.8 Å². The molecule has 2 unspecified atom stereocenters. The number of rotatable bonds is 7. The van der Waals surface area contributed by atoms with Crippen molar-refractivity contribution in [2.75, 3.05) is 0 Å². The number of halogens is 2. The van der Waals surface area contributed by atoms with Gasteiger partial charge in [-0.15, -0.1) is 11.6 Å². The maximum Gasteiger partial charge on any atom is 0.0513 e. The Kier molecular flexibility index (Phi) is 45.2.